The van der Waals surface area contributed by atoms with Crippen LogP contribution < -0.4 is 27.2 Å². The normalized spacial score (nSPS) is 10.2. The van der Waals surface area contributed by atoms with Crippen molar-refractivity contribution in [1.82, 2.24) is 10.3 Å². The number of halogens is 3. The van der Waals surface area contributed by atoms with Crippen LogP contribution in [0.1, 0.15) is 16.7 Å². The predicted molar refractivity (Wildman–Crippen MR) is 104 cm³/mol. The molecule has 4 nitrogen and oxygen atoms in total. The minimum atomic E-state index is -0.370. The third-order valence-electron chi connectivity index (χ3n) is 4.03. The summed E-state index contributed by atoms with van der Waals surface area (Å²) in [4.78, 5) is 4.01. The molecule has 2 aromatic carbocycles. The molecule has 0 bridgehead atoms. The Hall–Kier alpha value is -2.34. The van der Waals surface area contributed by atoms with Gasteiger partial charge in [-0.3, -0.25) is 4.98 Å². The SMILES string of the molecule is COc1cc(CNCc2ccncc2)ccc1OCc1ccc(F)cc1Cl.[Cl-]. The maximum Gasteiger partial charge on any atom is 0.161 e. The van der Waals surface area contributed by atoms with Crippen molar-refractivity contribution in [3.8, 4) is 11.5 Å². The summed E-state index contributed by atoms with van der Waals surface area (Å²) in [6.07, 6.45) is 3.55. The molecule has 0 saturated carbocycles. The Balaban J connectivity index is 0.00000280. The topological polar surface area (TPSA) is 43.4 Å². The van der Waals surface area contributed by atoms with Gasteiger partial charge in [0.25, 0.3) is 0 Å². The molecule has 0 spiro atoms. The second-order valence-electron chi connectivity index (χ2n) is 5.97. The lowest BCUT2D eigenvalue weighted by Gasteiger charge is -2.13. The molecule has 148 valence electrons. The minimum absolute atomic E-state index is 0. The molecule has 1 N–H and O–H groups in total. The molecule has 0 aliphatic carbocycles. The fraction of sp³-hybridized carbons (Fsp3) is 0.190. The van der Waals surface area contributed by atoms with E-state index in [4.69, 9.17) is 21.1 Å². The van der Waals surface area contributed by atoms with Crippen LogP contribution in [0, 0.1) is 5.82 Å². The van der Waals surface area contributed by atoms with Crippen LogP contribution in [0.2, 0.25) is 5.02 Å². The summed E-state index contributed by atoms with van der Waals surface area (Å²) >= 11 is 6.04. The highest BCUT2D eigenvalue weighted by atomic mass is 35.5. The smallest absolute Gasteiger partial charge is 0.161 e. The second-order valence-corrected chi connectivity index (χ2v) is 6.38. The van der Waals surface area contributed by atoms with Gasteiger partial charge < -0.3 is 27.2 Å². The Labute approximate surface area is 175 Å². The lowest BCUT2D eigenvalue weighted by Crippen LogP contribution is -3.00. The molecule has 0 amide bonds. The largest absolute Gasteiger partial charge is 1.00 e. The van der Waals surface area contributed by atoms with Gasteiger partial charge in [0, 0.05) is 31.0 Å². The number of methoxy groups -OCH3 is 1. The number of nitrogens with one attached hydrogen (secondary N) is 1. The number of hydrogen-bond donors (Lipinski definition) is 1. The molecule has 0 fully saturated rings. The third kappa shape index (κ3) is 6.09. The Morgan fingerprint density at radius 1 is 0.964 bits per heavy atom. The number of rotatable bonds is 8. The highest BCUT2D eigenvalue weighted by Crippen LogP contribution is 2.29. The summed E-state index contributed by atoms with van der Waals surface area (Å²) in [6.45, 7) is 1.68. The summed E-state index contributed by atoms with van der Waals surface area (Å²) in [6, 6.07) is 14.0. The Morgan fingerprint density at radius 3 is 2.43 bits per heavy atom. The van der Waals surface area contributed by atoms with Crippen LogP contribution in [-0.4, -0.2) is 12.1 Å². The van der Waals surface area contributed by atoms with Crippen LogP contribution in [0.3, 0.4) is 0 Å². The molecule has 0 saturated heterocycles. The highest BCUT2D eigenvalue weighted by Gasteiger charge is 2.08. The molecule has 7 heteroatoms. The number of benzene rings is 2. The first-order valence-corrected chi connectivity index (χ1v) is 8.87. The van der Waals surface area contributed by atoms with E-state index in [0.29, 0.717) is 28.6 Å². The van der Waals surface area contributed by atoms with Crippen molar-refractivity contribution in [3.05, 3.63) is 88.5 Å². The maximum atomic E-state index is 13.1. The van der Waals surface area contributed by atoms with Crippen molar-refractivity contribution in [2.24, 2.45) is 0 Å². The number of nitrogens with zero attached hydrogens (tertiary/aromatic N) is 1. The van der Waals surface area contributed by atoms with Crippen molar-refractivity contribution in [3.63, 3.8) is 0 Å². The summed E-state index contributed by atoms with van der Waals surface area (Å²) in [5.41, 5.74) is 2.96. The van der Waals surface area contributed by atoms with Gasteiger partial charge in [0.2, 0.25) is 0 Å². The van der Waals surface area contributed by atoms with Gasteiger partial charge in [-0.1, -0.05) is 23.7 Å². The molecule has 1 aromatic heterocycles. The lowest BCUT2D eigenvalue weighted by molar-refractivity contribution is -0.00000664. The lowest BCUT2D eigenvalue weighted by atomic mass is 10.2. The van der Waals surface area contributed by atoms with Crippen LogP contribution in [0.5, 0.6) is 11.5 Å². The van der Waals surface area contributed by atoms with Crippen LogP contribution in [-0.2, 0) is 19.7 Å². The van der Waals surface area contributed by atoms with Gasteiger partial charge in [-0.2, -0.15) is 0 Å². The zero-order valence-corrected chi connectivity index (χ0v) is 16.8. The van der Waals surface area contributed by atoms with E-state index in [2.05, 4.69) is 10.3 Å². The van der Waals surface area contributed by atoms with Gasteiger partial charge in [0.05, 0.1) is 12.1 Å². The predicted octanol–water partition coefficient (Wildman–Crippen LogP) is 1.76. The second kappa shape index (κ2) is 10.9. The molecule has 28 heavy (non-hydrogen) atoms. The van der Waals surface area contributed by atoms with E-state index < -0.39 is 0 Å². The van der Waals surface area contributed by atoms with E-state index in [1.165, 1.54) is 17.7 Å². The molecule has 0 atom stereocenters. The molecule has 3 aromatic rings. The van der Waals surface area contributed by atoms with E-state index >= 15 is 0 Å². The Bertz CT molecular complexity index is 895. The molecular formula is C21H20Cl2FN2O2-. The number of aromatic nitrogens is 1. The molecular weight excluding hydrogens is 402 g/mol. The van der Waals surface area contributed by atoms with E-state index in [1.54, 1.807) is 25.6 Å². The number of hydrogen-bond acceptors (Lipinski definition) is 4. The third-order valence-corrected chi connectivity index (χ3v) is 4.39. The van der Waals surface area contributed by atoms with Gasteiger partial charge >= 0.3 is 0 Å². The van der Waals surface area contributed by atoms with Gasteiger partial charge in [-0.25, -0.2) is 4.39 Å². The standard InChI is InChI=1S/C21H20ClFN2O2.ClH/c1-26-21-10-16(13-25-12-15-6-8-24-9-7-15)2-5-20(21)27-14-17-3-4-18(23)11-19(17)22;/h2-11,25H,12-14H2,1H3;1H/p-1. The molecule has 0 radical (unpaired) electrons. The summed E-state index contributed by atoms with van der Waals surface area (Å²) in [7, 11) is 1.60. The summed E-state index contributed by atoms with van der Waals surface area (Å²) in [5.74, 6) is 0.872. The Kier molecular flexibility index (Phi) is 8.51. The first-order chi connectivity index (χ1) is 13.2. The quantitative estimate of drug-likeness (QED) is 0.601. The van der Waals surface area contributed by atoms with E-state index in [-0.39, 0.29) is 24.8 Å². The average molecular weight is 422 g/mol. The van der Waals surface area contributed by atoms with Gasteiger partial charge in [-0.15, -0.1) is 0 Å². The first-order valence-electron chi connectivity index (χ1n) is 8.49. The van der Waals surface area contributed by atoms with Gasteiger partial charge in [-0.05, 0) is 47.5 Å². The average Bonchev–Trinajstić information content (AvgIpc) is 2.68. The van der Waals surface area contributed by atoms with Crippen molar-refractivity contribution in [2.75, 3.05) is 7.11 Å². The van der Waals surface area contributed by atoms with Crippen LogP contribution in [0.4, 0.5) is 4.39 Å². The molecule has 3 rings (SSSR count). The number of ether oxygens (including phenoxy) is 2. The summed E-state index contributed by atoms with van der Waals surface area (Å²) < 4.78 is 24.4. The fourth-order valence-corrected chi connectivity index (χ4v) is 2.81. The van der Waals surface area contributed by atoms with E-state index in [0.717, 1.165) is 12.1 Å². The van der Waals surface area contributed by atoms with Gasteiger partial charge in [0.1, 0.15) is 12.4 Å². The number of pyridine rings is 1. The zero-order valence-electron chi connectivity index (χ0n) is 15.3. The highest BCUT2D eigenvalue weighted by molar-refractivity contribution is 6.31. The molecule has 0 aliphatic heterocycles. The van der Waals surface area contributed by atoms with Crippen molar-refractivity contribution < 1.29 is 26.3 Å². The summed E-state index contributed by atoms with van der Waals surface area (Å²) in [5, 5.41) is 3.72. The van der Waals surface area contributed by atoms with Crippen molar-refractivity contribution in [2.45, 2.75) is 19.7 Å². The monoisotopic (exact) mass is 421 g/mol. The first kappa shape index (κ1) is 22.0. The van der Waals surface area contributed by atoms with E-state index in [9.17, 15) is 4.39 Å². The van der Waals surface area contributed by atoms with Crippen molar-refractivity contribution in [1.29, 1.82) is 0 Å². The van der Waals surface area contributed by atoms with Crippen molar-refractivity contribution >= 4 is 11.6 Å². The van der Waals surface area contributed by atoms with Crippen LogP contribution in [0.25, 0.3) is 0 Å². The molecule has 1 heterocycles. The van der Waals surface area contributed by atoms with E-state index in [1.807, 2.05) is 30.3 Å². The Morgan fingerprint density at radius 2 is 1.71 bits per heavy atom. The van der Waals surface area contributed by atoms with Gasteiger partial charge in [0.15, 0.2) is 11.5 Å². The van der Waals surface area contributed by atoms with Crippen LogP contribution >= 0.6 is 11.6 Å². The fourth-order valence-electron chi connectivity index (χ4n) is 2.59. The molecule has 0 aliphatic rings. The zero-order chi connectivity index (χ0) is 19.1. The molecule has 0 unspecified atom stereocenters. The maximum absolute atomic E-state index is 13.1. The minimum Gasteiger partial charge on any atom is -1.00 e. The van der Waals surface area contributed by atoms with Crippen LogP contribution in [0.15, 0.2) is 60.9 Å².